The van der Waals surface area contributed by atoms with Gasteiger partial charge in [-0.05, 0) is 6.07 Å². The average Bonchev–Trinajstić information content (AvgIpc) is 2.72. The Hall–Kier alpha value is -2.07. The van der Waals surface area contributed by atoms with Gasteiger partial charge in [-0.2, -0.15) is 0 Å². The topological polar surface area (TPSA) is 47.3 Å². The first-order chi connectivity index (χ1) is 8.76. The van der Waals surface area contributed by atoms with E-state index in [0.717, 1.165) is 27.7 Å². The summed E-state index contributed by atoms with van der Waals surface area (Å²) < 4.78 is 7.48. The molecule has 4 nitrogen and oxygen atoms in total. The third-order valence-electron chi connectivity index (χ3n) is 3.25. The van der Waals surface area contributed by atoms with Crippen LogP contribution in [0.4, 0.5) is 0 Å². The second-order valence-electron chi connectivity index (χ2n) is 4.25. The summed E-state index contributed by atoms with van der Waals surface area (Å²) >= 11 is 0. The molecule has 0 amide bonds. The van der Waals surface area contributed by atoms with Crippen molar-refractivity contribution in [3.8, 4) is 5.75 Å². The molecule has 2 aromatic heterocycles. The van der Waals surface area contributed by atoms with E-state index in [2.05, 4.69) is 15.6 Å². The Bertz CT molecular complexity index is 731. The Morgan fingerprint density at radius 1 is 1.33 bits per heavy atom. The van der Waals surface area contributed by atoms with E-state index in [1.54, 1.807) is 13.2 Å². The molecule has 2 heterocycles. The van der Waals surface area contributed by atoms with Gasteiger partial charge in [-0.15, -0.1) is 0 Å². The zero-order chi connectivity index (χ0) is 12.7. The first-order valence-electron chi connectivity index (χ1n) is 5.78. The summed E-state index contributed by atoms with van der Waals surface area (Å²) in [7, 11) is 3.63. The lowest BCUT2D eigenvalue weighted by atomic mass is 10.2. The van der Waals surface area contributed by atoms with E-state index in [-0.39, 0.29) is 6.61 Å². The zero-order valence-corrected chi connectivity index (χ0v) is 10.3. The molecule has 0 atom stereocenters. The number of fused-ring (bicyclic) bond motifs is 3. The summed E-state index contributed by atoms with van der Waals surface area (Å²) in [5.41, 5.74) is 3.55. The lowest BCUT2D eigenvalue weighted by Crippen LogP contribution is -1.96. The zero-order valence-electron chi connectivity index (χ0n) is 10.3. The molecule has 0 saturated carbocycles. The normalized spacial score (nSPS) is 11.3. The van der Waals surface area contributed by atoms with Crippen molar-refractivity contribution < 1.29 is 9.84 Å². The van der Waals surface area contributed by atoms with E-state index in [4.69, 9.17) is 4.74 Å². The fraction of sp³-hybridized carbons (Fsp3) is 0.214. The first kappa shape index (κ1) is 11.0. The minimum absolute atomic E-state index is 0.0878. The number of aliphatic hydroxyl groups excluding tert-OH is 1. The standard InChI is InChI=1S/C14H14N2O2/c1-16-11-6-4-3-5-10(11)13-14(16)12(18-2)7-9(8-17)15-13/h3-7,17H,8H2,1-2H3. The van der Waals surface area contributed by atoms with Crippen LogP contribution in [0.2, 0.25) is 0 Å². The number of aryl methyl sites for hydroxylation is 1. The van der Waals surface area contributed by atoms with Gasteiger partial charge in [0.15, 0.2) is 0 Å². The van der Waals surface area contributed by atoms with E-state index < -0.39 is 0 Å². The Balaban J connectivity index is 2.54. The quantitative estimate of drug-likeness (QED) is 0.749. The van der Waals surface area contributed by atoms with Gasteiger partial charge < -0.3 is 14.4 Å². The molecular weight excluding hydrogens is 228 g/mol. The van der Waals surface area contributed by atoms with Crippen molar-refractivity contribution in [2.24, 2.45) is 7.05 Å². The molecule has 92 valence electrons. The van der Waals surface area contributed by atoms with Crippen LogP contribution in [0.5, 0.6) is 5.75 Å². The first-order valence-corrected chi connectivity index (χ1v) is 5.78. The van der Waals surface area contributed by atoms with Crippen molar-refractivity contribution in [1.82, 2.24) is 9.55 Å². The smallest absolute Gasteiger partial charge is 0.146 e. The maximum atomic E-state index is 9.27. The molecule has 0 aliphatic heterocycles. The summed E-state index contributed by atoms with van der Waals surface area (Å²) in [4.78, 5) is 4.50. The predicted octanol–water partition coefficient (Wildman–Crippen LogP) is 2.23. The van der Waals surface area contributed by atoms with Crippen LogP contribution in [0, 0.1) is 0 Å². The molecule has 3 rings (SSSR count). The fourth-order valence-electron chi connectivity index (χ4n) is 2.40. The Morgan fingerprint density at radius 3 is 2.83 bits per heavy atom. The Kier molecular flexibility index (Phi) is 2.45. The average molecular weight is 242 g/mol. The van der Waals surface area contributed by atoms with Crippen molar-refractivity contribution in [3.05, 3.63) is 36.0 Å². The second kappa shape index (κ2) is 3.99. The largest absolute Gasteiger partial charge is 0.494 e. The van der Waals surface area contributed by atoms with Crippen LogP contribution in [0.25, 0.3) is 21.9 Å². The number of aromatic nitrogens is 2. The summed E-state index contributed by atoms with van der Waals surface area (Å²) in [5, 5.41) is 10.3. The molecule has 0 radical (unpaired) electrons. The molecule has 0 saturated heterocycles. The van der Waals surface area contributed by atoms with E-state index in [1.807, 2.05) is 25.2 Å². The lowest BCUT2D eigenvalue weighted by Gasteiger charge is -2.06. The number of methoxy groups -OCH3 is 1. The van der Waals surface area contributed by atoms with Gasteiger partial charge >= 0.3 is 0 Å². The lowest BCUT2D eigenvalue weighted by molar-refractivity contribution is 0.276. The van der Waals surface area contributed by atoms with E-state index in [9.17, 15) is 5.11 Å². The minimum atomic E-state index is -0.0878. The molecule has 1 aromatic carbocycles. The van der Waals surface area contributed by atoms with Crippen LogP contribution in [0.3, 0.4) is 0 Å². The highest BCUT2D eigenvalue weighted by atomic mass is 16.5. The molecule has 18 heavy (non-hydrogen) atoms. The molecule has 4 heteroatoms. The van der Waals surface area contributed by atoms with Gasteiger partial charge in [0.05, 0.1) is 24.9 Å². The van der Waals surface area contributed by atoms with E-state index >= 15 is 0 Å². The van der Waals surface area contributed by atoms with Gasteiger partial charge in [0, 0.05) is 18.5 Å². The maximum absolute atomic E-state index is 9.27. The Morgan fingerprint density at radius 2 is 2.11 bits per heavy atom. The number of ether oxygens (including phenoxy) is 1. The number of hydrogen-bond acceptors (Lipinski definition) is 3. The summed E-state index contributed by atoms with van der Waals surface area (Å²) in [5.74, 6) is 0.739. The highest BCUT2D eigenvalue weighted by Crippen LogP contribution is 2.33. The van der Waals surface area contributed by atoms with Crippen molar-refractivity contribution >= 4 is 21.9 Å². The SMILES string of the molecule is COc1cc(CO)nc2c3ccccc3n(C)c12. The van der Waals surface area contributed by atoms with Crippen LogP contribution in [0.1, 0.15) is 5.69 Å². The van der Waals surface area contributed by atoms with E-state index in [1.165, 1.54) is 0 Å². The molecule has 3 aromatic rings. The Labute approximate surface area is 104 Å². The van der Waals surface area contributed by atoms with Crippen molar-refractivity contribution in [2.45, 2.75) is 6.61 Å². The molecular formula is C14H14N2O2. The maximum Gasteiger partial charge on any atom is 0.146 e. The number of benzene rings is 1. The number of para-hydroxylation sites is 1. The second-order valence-corrected chi connectivity index (χ2v) is 4.25. The number of hydrogen-bond donors (Lipinski definition) is 1. The van der Waals surface area contributed by atoms with Gasteiger partial charge in [-0.3, -0.25) is 0 Å². The van der Waals surface area contributed by atoms with Gasteiger partial charge in [-0.25, -0.2) is 4.98 Å². The molecule has 0 spiro atoms. The van der Waals surface area contributed by atoms with Crippen LogP contribution in [-0.4, -0.2) is 21.8 Å². The van der Waals surface area contributed by atoms with Crippen LogP contribution in [-0.2, 0) is 13.7 Å². The van der Waals surface area contributed by atoms with E-state index in [0.29, 0.717) is 5.69 Å². The number of nitrogens with zero attached hydrogens (tertiary/aromatic N) is 2. The third kappa shape index (κ3) is 1.39. The van der Waals surface area contributed by atoms with Crippen LogP contribution >= 0.6 is 0 Å². The highest BCUT2D eigenvalue weighted by Gasteiger charge is 2.14. The molecule has 0 bridgehead atoms. The van der Waals surface area contributed by atoms with Crippen LogP contribution in [0.15, 0.2) is 30.3 Å². The molecule has 0 aliphatic carbocycles. The van der Waals surface area contributed by atoms with Gasteiger partial charge in [-0.1, -0.05) is 18.2 Å². The van der Waals surface area contributed by atoms with Gasteiger partial charge in [0.25, 0.3) is 0 Å². The predicted molar refractivity (Wildman–Crippen MR) is 70.7 cm³/mol. The summed E-state index contributed by atoms with van der Waals surface area (Å²) in [6.07, 6.45) is 0. The number of aliphatic hydroxyl groups is 1. The van der Waals surface area contributed by atoms with Crippen molar-refractivity contribution in [1.29, 1.82) is 0 Å². The number of rotatable bonds is 2. The summed E-state index contributed by atoms with van der Waals surface area (Å²) in [6.45, 7) is -0.0878. The number of pyridine rings is 1. The van der Waals surface area contributed by atoms with Gasteiger partial charge in [0.1, 0.15) is 16.8 Å². The van der Waals surface area contributed by atoms with Crippen molar-refractivity contribution in [3.63, 3.8) is 0 Å². The summed E-state index contributed by atoms with van der Waals surface area (Å²) in [6, 6.07) is 9.85. The molecule has 0 aliphatic rings. The highest BCUT2D eigenvalue weighted by molar-refractivity contribution is 6.07. The third-order valence-corrected chi connectivity index (χ3v) is 3.25. The van der Waals surface area contributed by atoms with Crippen LogP contribution < -0.4 is 4.74 Å². The minimum Gasteiger partial charge on any atom is -0.494 e. The molecule has 1 N–H and O–H groups in total. The van der Waals surface area contributed by atoms with Crippen molar-refractivity contribution in [2.75, 3.05) is 7.11 Å². The fourth-order valence-corrected chi connectivity index (χ4v) is 2.40. The molecule has 0 fully saturated rings. The monoisotopic (exact) mass is 242 g/mol. The molecule has 0 unspecified atom stereocenters. The van der Waals surface area contributed by atoms with Gasteiger partial charge in [0.2, 0.25) is 0 Å².